The second kappa shape index (κ2) is 14.4. The molecule has 3 atom stereocenters. The van der Waals surface area contributed by atoms with Crippen molar-refractivity contribution in [2.24, 2.45) is 0 Å². The van der Waals surface area contributed by atoms with Gasteiger partial charge in [-0.25, -0.2) is 19.6 Å². The minimum atomic E-state index is -4.55. The monoisotopic (exact) mass is 697 g/mol. The number of methoxy groups -OCH3 is 2. The topological polar surface area (TPSA) is 217 Å². The van der Waals surface area contributed by atoms with Crippen LogP contribution in [-0.2, 0) is 34.7 Å². The number of aryl methyl sites for hydroxylation is 1. The van der Waals surface area contributed by atoms with Crippen LogP contribution in [0.15, 0.2) is 72.0 Å². The third-order valence-electron chi connectivity index (χ3n) is 7.85. The number of hydrogen-bond donors (Lipinski definition) is 3. The maximum Gasteiger partial charge on any atom is 0.328 e. The van der Waals surface area contributed by atoms with Crippen LogP contribution in [0.2, 0.25) is 0 Å². The first-order valence-corrected chi connectivity index (χ1v) is 16.1. The Morgan fingerprint density at radius 3 is 2.22 bits per heavy atom. The fourth-order valence-corrected chi connectivity index (χ4v) is 7.18. The molecule has 16 nitrogen and oxygen atoms in total. The Balaban J connectivity index is 0.000000603. The molecule has 2 aliphatic rings. The number of rotatable bonds is 9. The highest BCUT2D eigenvalue weighted by molar-refractivity contribution is 7.93. The molecule has 1 aromatic carbocycles. The first-order chi connectivity index (χ1) is 23.1. The zero-order valence-electron chi connectivity index (χ0n) is 27.2. The molecule has 3 aromatic rings. The zero-order chi connectivity index (χ0) is 36.3. The van der Waals surface area contributed by atoms with Crippen molar-refractivity contribution in [3.8, 4) is 11.6 Å². The molecule has 1 fully saturated rings. The van der Waals surface area contributed by atoms with Gasteiger partial charge in [0.25, 0.3) is 15.9 Å². The average Bonchev–Trinajstić information content (AvgIpc) is 3.58. The lowest BCUT2D eigenvalue weighted by atomic mass is 9.81. The van der Waals surface area contributed by atoms with E-state index < -0.39 is 45.6 Å². The fraction of sp³-hybridized carbons (Fsp3) is 0.312. The van der Waals surface area contributed by atoms with Crippen molar-refractivity contribution in [2.75, 3.05) is 39.2 Å². The van der Waals surface area contributed by atoms with Gasteiger partial charge in [0.1, 0.15) is 5.75 Å². The molecule has 0 bridgehead atoms. The highest BCUT2D eigenvalue weighted by Crippen LogP contribution is 2.54. The number of likely N-dealkylation sites (N-methyl/N-ethyl adjacent to an activating group) is 1. The number of β-amino-alcohol motifs (C(OH)–C–C–N with tert-alkyl or cyclic N) is 1. The van der Waals surface area contributed by atoms with E-state index >= 15 is 4.79 Å². The van der Waals surface area contributed by atoms with E-state index in [1.54, 1.807) is 56.3 Å². The zero-order valence-corrected chi connectivity index (χ0v) is 28.0. The molecule has 0 saturated carbocycles. The standard InChI is InChI=1S/C28H31N5O7S.C4H4O4/c1-17-8-11-24(30-15-17)41(37,38)33-22-10-9-19(39-4)14-21(22)28(27(33)36,20-7-6-12-29-25(20)40-5)32-16-18(34)13-23(32)26(35)31(2)3;5-3(6)1-2-4(7)8/h6-12,14-15,18,23,34H,13,16H2,1-5H3;1-2H,(H,5,6)(H,7,8)/t18-,23+,28?;/m1./s1. The van der Waals surface area contributed by atoms with Gasteiger partial charge in [-0.05, 0) is 55.3 Å². The van der Waals surface area contributed by atoms with Crippen LogP contribution in [0.25, 0.3) is 0 Å². The van der Waals surface area contributed by atoms with Crippen molar-refractivity contribution >= 4 is 39.5 Å². The third kappa shape index (κ3) is 6.81. The minimum Gasteiger partial charge on any atom is -0.497 e. The van der Waals surface area contributed by atoms with Crippen LogP contribution in [0, 0.1) is 6.92 Å². The van der Waals surface area contributed by atoms with Crippen LogP contribution >= 0.6 is 0 Å². The molecule has 2 aromatic heterocycles. The average molecular weight is 698 g/mol. The van der Waals surface area contributed by atoms with Gasteiger partial charge in [0.05, 0.1) is 32.1 Å². The number of anilines is 1. The number of aliphatic carboxylic acids is 2. The van der Waals surface area contributed by atoms with Gasteiger partial charge < -0.3 is 29.7 Å². The number of carbonyl (C=O) groups excluding carboxylic acids is 2. The number of carboxylic acid groups (broad SMARTS) is 2. The number of hydrogen-bond acceptors (Lipinski definition) is 12. The molecular formula is C32H35N5O11S. The summed E-state index contributed by atoms with van der Waals surface area (Å²) in [5, 5.41) is 26.2. The Morgan fingerprint density at radius 2 is 1.67 bits per heavy atom. The van der Waals surface area contributed by atoms with Crippen LogP contribution in [0.1, 0.15) is 23.1 Å². The van der Waals surface area contributed by atoms with Gasteiger partial charge in [-0.2, -0.15) is 12.7 Å². The van der Waals surface area contributed by atoms with Gasteiger partial charge in [0.15, 0.2) is 10.6 Å². The number of aromatic nitrogens is 2. The largest absolute Gasteiger partial charge is 0.497 e. The second-order valence-electron chi connectivity index (χ2n) is 11.2. The number of amides is 2. The number of aliphatic hydroxyl groups excluding tert-OH is 1. The molecule has 4 heterocycles. The number of likely N-dealkylation sites (tertiary alicyclic amines) is 1. The number of carboxylic acids is 2. The van der Waals surface area contributed by atoms with Crippen LogP contribution in [0.4, 0.5) is 5.69 Å². The Bertz CT molecular complexity index is 1880. The third-order valence-corrected chi connectivity index (χ3v) is 9.47. The number of pyridine rings is 2. The number of benzene rings is 1. The maximum absolute atomic E-state index is 15.0. The van der Waals surface area contributed by atoms with E-state index in [9.17, 15) is 27.9 Å². The number of fused-ring (bicyclic) bond motifs is 1. The van der Waals surface area contributed by atoms with E-state index in [0.717, 1.165) is 5.56 Å². The predicted molar refractivity (Wildman–Crippen MR) is 172 cm³/mol. The number of nitrogens with zero attached hydrogens (tertiary/aromatic N) is 5. The summed E-state index contributed by atoms with van der Waals surface area (Å²) in [7, 11) is 1.45. The lowest BCUT2D eigenvalue weighted by Crippen LogP contribution is -2.59. The van der Waals surface area contributed by atoms with Gasteiger partial charge in [-0.3, -0.25) is 14.5 Å². The first-order valence-electron chi connectivity index (χ1n) is 14.6. The molecule has 2 aliphatic heterocycles. The van der Waals surface area contributed by atoms with E-state index in [0.29, 0.717) is 22.2 Å². The van der Waals surface area contributed by atoms with E-state index in [4.69, 9.17) is 19.7 Å². The Morgan fingerprint density at radius 1 is 1.00 bits per heavy atom. The highest BCUT2D eigenvalue weighted by atomic mass is 32.2. The quantitative estimate of drug-likeness (QED) is 0.266. The molecule has 0 radical (unpaired) electrons. The molecule has 17 heteroatoms. The number of carbonyl (C=O) groups is 4. The number of aliphatic hydroxyl groups is 1. The summed E-state index contributed by atoms with van der Waals surface area (Å²) in [6.07, 6.45) is 3.05. The van der Waals surface area contributed by atoms with Gasteiger partial charge in [-0.1, -0.05) is 6.07 Å². The summed E-state index contributed by atoms with van der Waals surface area (Å²) in [6.45, 7) is 1.66. The molecule has 260 valence electrons. The van der Waals surface area contributed by atoms with E-state index in [2.05, 4.69) is 9.97 Å². The number of sulfonamides is 1. The molecule has 2 amide bonds. The Hall–Kier alpha value is -5.39. The summed E-state index contributed by atoms with van der Waals surface area (Å²) in [5.74, 6) is -3.35. The van der Waals surface area contributed by atoms with Crippen molar-refractivity contribution < 1.29 is 52.4 Å². The lowest BCUT2D eigenvalue weighted by molar-refractivity contribution is -0.138. The molecule has 49 heavy (non-hydrogen) atoms. The van der Waals surface area contributed by atoms with E-state index in [1.807, 2.05) is 0 Å². The van der Waals surface area contributed by atoms with Crippen LogP contribution < -0.4 is 13.8 Å². The molecule has 0 spiro atoms. The van der Waals surface area contributed by atoms with E-state index in [-0.39, 0.29) is 46.6 Å². The normalized spacial score (nSPS) is 20.4. The summed E-state index contributed by atoms with van der Waals surface area (Å²) in [5.41, 5.74) is -0.708. The summed E-state index contributed by atoms with van der Waals surface area (Å²) >= 11 is 0. The van der Waals surface area contributed by atoms with Crippen molar-refractivity contribution in [3.63, 3.8) is 0 Å². The number of ether oxygens (including phenoxy) is 2. The van der Waals surface area contributed by atoms with Gasteiger partial charge in [0, 0.05) is 56.3 Å². The van der Waals surface area contributed by atoms with Crippen LogP contribution in [-0.4, -0.2) is 114 Å². The smallest absolute Gasteiger partial charge is 0.328 e. The van der Waals surface area contributed by atoms with Gasteiger partial charge in [0.2, 0.25) is 11.8 Å². The molecule has 3 N–H and O–H groups in total. The second-order valence-corrected chi connectivity index (χ2v) is 12.9. The summed E-state index contributed by atoms with van der Waals surface area (Å²) < 4.78 is 40.1. The van der Waals surface area contributed by atoms with Gasteiger partial charge >= 0.3 is 11.9 Å². The predicted octanol–water partition coefficient (Wildman–Crippen LogP) is 1.02. The van der Waals surface area contributed by atoms with Gasteiger partial charge in [-0.15, -0.1) is 0 Å². The molecule has 0 aliphatic carbocycles. The molecule has 1 unspecified atom stereocenters. The Labute approximate surface area is 281 Å². The fourth-order valence-electron chi connectivity index (χ4n) is 5.80. The van der Waals surface area contributed by atoms with Crippen molar-refractivity contribution in [3.05, 3.63) is 83.7 Å². The Kier molecular flexibility index (Phi) is 10.7. The molecular weight excluding hydrogens is 662 g/mol. The summed E-state index contributed by atoms with van der Waals surface area (Å²) in [4.78, 5) is 59.0. The molecule has 1 saturated heterocycles. The molecule has 5 rings (SSSR count). The maximum atomic E-state index is 15.0. The highest BCUT2D eigenvalue weighted by Gasteiger charge is 2.64. The van der Waals surface area contributed by atoms with Crippen molar-refractivity contribution in [1.82, 2.24) is 19.8 Å². The first kappa shape index (κ1) is 36.4. The summed E-state index contributed by atoms with van der Waals surface area (Å²) in [6, 6.07) is 9.76. The van der Waals surface area contributed by atoms with Crippen molar-refractivity contribution in [2.45, 2.75) is 36.1 Å². The van der Waals surface area contributed by atoms with Crippen molar-refractivity contribution in [1.29, 1.82) is 0 Å². The minimum absolute atomic E-state index is 0.0280. The van der Waals surface area contributed by atoms with Crippen LogP contribution in [0.3, 0.4) is 0 Å². The lowest BCUT2D eigenvalue weighted by Gasteiger charge is -2.41. The van der Waals surface area contributed by atoms with E-state index in [1.165, 1.54) is 43.6 Å². The SMILES string of the molecule is COc1ccc2c(c1)C(c1cccnc1OC)(N1C[C@H](O)C[C@H]1C(=O)N(C)C)C(=O)N2S(=O)(=O)c1ccc(C)cn1.O=C(O)C=CC(=O)O. The van der Waals surface area contributed by atoms with Crippen LogP contribution in [0.5, 0.6) is 11.6 Å².